The summed E-state index contributed by atoms with van der Waals surface area (Å²) in [6.07, 6.45) is 0.281. The summed E-state index contributed by atoms with van der Waals surface area (Å²) in [5.74, 6) is -0.0680. The van der Waals surface area contributed by atoms with Crippen LogP contribution in [-0.4, -0.2) is 23.0 Å². The van der Waals surface area contributed by atoms with E-state index in [1.54, 1.807) is 0 Å². The van der Waals surface area contributed by atoms with Gasteiger partial charge in [0.25, 0.3) is 0 Å². The highest BCUT2D eigenvalue weighted by molar-refractivity contribution is 5.90. The summed E-state index contributed by atoms with van der Waals surface area (Å²) in [7, 11) is 0. The number of amidine groups is 1. The Morgan fingerprint density at radius 1 is 1.35 bits per heavy atom. The fourth-order valence-electron chi connectivity index (χ4n) is 1.97. The summed E-state index contributed by atoms with van der Waals surface area (Å²) in [6, 6.07) is 5.49. The fraction of sp³-hybridized carbons (Fsp3) is 0.467. The van der Waals surface area contributed by atoms with Crippen molar-refractivity contribution < 1.29 is 10.0 Å². The summed E-state index contributed by atoms with van der Waals surface area (Å²) in [5.41, 5.74) is 8.90. The number of rotatable bonds is 5. The fourth-order valence-corrected chi connectivity index (χ4v) is 1.97. The molecule has 1 aromatic rings. The zero-order chi connectivity index (χ0) is 15.3. The maximum Gasteiger partial charge on any atom is 0.225 e. The Morgan fingerprint density at radius 2 is 2.00 bits per heavy atom. The molecule has 0 saturated carbocycles. The van der Waals surface area contributed by atoms with Gasteiger partial charge >= 0.3 is 0 Å². The van der Waals surface area contributed by atoms with Crippen LogP contribution in [-0.2, 0) is 11.2 Å². The maximum atomic E-state index is 12.0. The average Bonchev–Trinajstić information content (AvgIpc) is 2.39. The van der Waals surface area contributed by atoms with Crippen LogP contribution in [0.25, 0.3) is 0 Å². The van der Waals surface area contributed by atoms with Crippen LogP contribution in [0.1, 0.15) is 30.5 Å². The monoisotopic (exact) mass is 277 g/mol. The molecule has 1 atom stereocenters. The highest BCUT2D eigenvalue weighted by Gasteiger charge is 2.20. The van der Waals surface area contributed by atoms with E-state index in [4.69, 9.17) is 10.9 Å². The maximum absolute atomic E-state index is 12.0. The van der Waals surface area contributed by atoms with Gasteiger partial charge in [-0.3, -0.25) is 4.79 Å². The standard InChI is InChI=1S/C15H23N3O2/c1-9(2)14(15(16)18-20)17-13(19)8-12-6-5-10(3)11(4)7-12/h5-7,9,14,20H,8H2,1-4H3,(H2,16,18)(H,17,19). The van der Waals surface area contributed by atoms with E-state index in [0.717, 1.165) is 11.1 Å². The molecule has 5 heteroatoms. The van der Waals surface area contributed by atoms with Crippen LogP contribution in [0.5, 0.6) is 0 Å². The van der Waals surface area contributed by atoms with Crippen LogP contribution in [0.4, 0.5) is 0 Å². The summed E-state index contributed by atoms with van der Waals surface area (Å²) >= 11 is 0. The number of hydrogen-bond donors (Lipinski definition) is 3. The Bertz CT molecular complexity index is 510. The molecule has 0 spiro atoms. The van der Waals surface area contributed by atoms with Crippen molar-refractivity contribution in [2.24, 2.45) is 16.8 Å². The van der Waals surface area contributed by atoms with Gasteiger partial charge in [0, 0.05) is 0 Å². The van der Waals surface area contributed by atoms with Crippen molar-refractivity contribution in [1.29, 1.82) is 0 Å². The number of carbonyl (C=O) groups excluding carboxylic acids is 1. The van der Waals surface area contributed by atoms with Gasteiger partial charge in [0.2, 0.25) is 5.91 Å². The first kappa shape index (κ1) is 16.0. The van der Waals surface area contributed by atoms with Gasteiger partial charge in [-0.25, -0.2) is 0 Å². The van der Waals surface area contributed by atoms with Crippen molar-refractivity contribution in [3.8, 4) is 0 Å². The van der Waals surface area contributed by atoms with Crippen molar-refractivity contribution >= 4 is 11.7 Å². The molecule has 0 fully saturated rings. The van der Waals surface area contributed by atoms with E-state index in [1.165, 1.54) is 5.56 Å². The minimum atomic E-state index is -0.459. The molecule has 0 aliphatic heterocycles. The van der Waals surface area contributed by atoms with E-state index in [1.807, 2.05) is 45.9 Å². The first-order valence-corrected chi connectivity index (χ1v) is 6.68. The van der Waals surface area contributed by atoms with Crippen molar-refractivity contribution in [2.75, 3.05) is 0 Å². The molecule has 1 aromatic carbocycles. The second kappa shape index (κ2) is 6.93. The van der Waals surface area contributed by atoms with E-state index in [2.05, 4.69) is 10.5 Å². The molecule has 0 aliphatic rings. The van der Waals surface area contributed by atoms with Gasteiger partial charge in [0.15, 0.2) is 5.84 Å². The number of nitrogens with one attached hydrogen (secondary N) is 1. The molecule has 1 rings (SSSR count). The van der Waals surface area contributed by atoms with Crippen LogP contribution >= 0.6 is 0 Å². The molecular formula is C15H23N3O2. The number of oxime groups is 1. The quantitative estimate of drug-likeness (QED) is 0.331. The van der Waals surface area contributed by atoms with Gasteiger partial charge in [-0.2, -0.15) is 0 Å². The number of hydrogen-bond acceptors (Lipinski definition) is 3. The predicted octanol–water partition coefficient (Wildman–Crippen LogP) is 1.73. The highest BCUT2D eigenvalue weighted by Crippen LogP contribution is 2.11. The predicted molar refractivity (Wildman–Crippen MR) is 79.8 cm³/mol. The lowest BCUT2D eigenvalue weighted by molar-refractivity contribution is -0.121. The molecule has 0 aliphatic carbocycles. The number of benzene rings is 1. The first-order valence-electron chi connectivity index (χ1n) is 6.68. The lowest BCUT2D eigenvalue weighted by Crippen LogP contribution is -2.48. The zero-order valence-corrected chi connectivity index (χ0v) is 12.5. The molecule has 0 heterocycles. The van der Waals surface area contributed by atoms with Crippen molar-refractivity contribution in [1.82, 2.24) is 5.32 Å². The molecule has 0 saturated heterocycles. The lowest BCUT2D eigenvalue weighted by atomic mass is 10.0. The van der Waals surface area contributed by atoms with Crippen LogP contribution < -0.4 is 11.1 Å². The van der Waals surface area contributed by atoms with Crippen molar-refractivity contribution in [2.45, 2.75) is 40.2 Å². The SMILES string of the molecule is Cc1ccc(CC(=O)NC(C(N)=NO)C(C)C)cc1C. The van der Waals surface area contributed by atoms with E-state index in [0.29, 0.717) is 0 Å². The number of carbonyl (C=O) groups is 1. The van der Waals surface area contributed by atoms with Crippen molar-refractivity contribution in [3.63, 3.8) is 0 Å². The van der Waals surface area contributed by atoms with Gasteiger partial charge in [-0.15, -0.1) is 0 Å². The molecule has 4 N–H and O–H groups in total. The van der Waals surface area contributed by atoms with E-state index >= 15 is 0 Å². The molecule has 20 heavy (non-hydrogen) atoms. The Hall–Kier alpha value is -2.04. The molecular weight excluding hydrogens is 254 g/mol. The van der Waals surface area contributed by atoms with Gasteiger partial charge in [0.05, 0.1) is 12.5 Å². The van der Waals surface area contributed by atoms with Gasteiger partial charge in [-0.05, 0) is 36.5 Å². The van der Waals surface area contributed by atoms with Gasteiger partial charge in [-0.1, -0.05) is 37.2 Å². The minimum Gasteiger partial charge on any atom is -0.409 e. The smallest absolute Gasteiger partial charge is 0.225 e. The molecule has 5 nitrogen and oxygen atoms in total. The van der Waals surface area contributed by atoms with Gasteiger partial charge < -0.3 is 16.3 Å². The summed E-state index contributed by atoms with van der Waals surface area (Å²) in [4.78, 5) is 12.0. The van der Waals surface area contributed by atoms with E-state index in [-0.39, 0.29) is 24.1 Å². The topological polar surface area (TPSA) is 87.7 Å². The lowest BCUT2D eigenvalue weighted by Gasteiger charge is -2.21. The summed E-state index contributed by atoms with van der Waals surface area (Å²) < 4.78 is 0. The highest BCUT2D eigenvalue weighted by atomic mass is 16.4. The second-order valence-corrected chi connectivity index (χ2v) is 5.41. The van der Waals surface area contributed by atoms with Crippen LogP contribution in [0.15, 0.2) is 23.4 Å². The van der Waals surface area contributed by atoms with E-state index < -0.39 is 6.04 Å². The summed E-state index contributed by atoms with van der Waals surface area (Å²) in [5, 5.41) is 14.5. The van der Waals surface area contributed by atoms with E-state index in [9.17, 15) is 4.79 Å². The third-order valence-electron chi connectivity index (χ3n) is 3.35. The number of nitrogens with zero attached hydrogens (tertiary/aromatic N) is 1. The van der Waals surface area contributed by atoms with Crippen LogP contribution in [0, 0.1) is 19.8 Å². The van der Waals surface area contributed by atoms with Crippen molar-refractivity contribution in [3.05, 3.63) is 34.9 Å². The molecule has 1 amide bonds. The van der Waals surface area contributed by atoms with Crippen LogP contribution in [0.3, 0.4) is 0 Å². The minimum absolute atomic E-state index is 0.0217. The Kier molecular flexibility index (Phi) is 5.55. The largest absolute Gasteiger partial charge is 0.409 e. The third kappa shape index (κ3) is 4.26. The molecule has 0 bridgehead atoms. The summed E-state index contributed by atoms with van der Waals surface area (Å²) in [6.45, 7) is 7.86. The number of nitrogens with two attached hydrogens (primary N) is 1. The molecule has 0 aromatic heterocycles. The molecule has 110 valence electrons. The molecule has 1 unspecified atom stereocenters. The van der Waals surface area contributed by atoms with Crippen LogP contribution in [0.2, 0.25) is 0 Å². The van der Waals surface area contributed by atoms with Gasteiger partial charge in [0.1, 0.15) is 0 Å². The Morgan fingerprint density at radius 3 is 2.50 bits per heavy atom. The third-order valence-corrected chi connectivity index (χ3v) is 3.35. The molecule has 0 radical (unpaired) electrons. The Balaban J connectivity index is 2.73. The first-order chi connectivity index (χ1) is 9.35. The second-order valence-electron chi connectivity index (χ2n) is 5.41. The Labute approximate surface area is 119 Å². The number of amides is 1. The average molecular weight is 277 g/mol. The number of aryl methyl sites for hydroxylation is 2. The normalized spacial score (nSPS) is 13.3. The zero-order valence-electron chi connectivity index (χ0n) is 12.5.